The molecule has 0 atom stereocenters. The van der Waals surface area contributed by atoms with Gasteiger partial charge >= 0.3 is 12.0 Å². The third-order valence-corrected chi connectivity index (χ3v) is 2.85. The van der Waals surface area contributed by atoms with Crippen LogP contribution < -0.4 is 10.2 Å². The van der Waals surface area contributed by atoms with Crippen LogP contribution in [0, 0.1) is 0 Å². The number of para-hydroxylation sites is 1. The van der Waals surface area contributed by atoms with Gasteiger partial charge in [-0.25, -0.2) is 9.59 Å². The van der Waals surface area contributed by atoms with Crippen molar-refractivity contribution in [3.63, 3.8) is 0 Å². The van der Waals surface area contributed by atoms with Gasteiger partial charge in [-0.15, -0.1) is 0 Å². The summed E-state index contributed by atoms with van der Waals surface area (Å²) in [5, 5.41) is 21.2. The fraction of sp³-hybridized carbons (Fsp3) is 0.0714. The molecule has 0 aliphatic carbocycles. The maximum atomic E-state index is 12.1. The number of pyridine rings is 1. The fourth-order valence-electron chi connectivity index (χ4n) is 1.69. The lowest BCUT2D eigenvalue weighted by Gasteiger charge is -2.18. The number of aromatic hydroxyl groups is 1. The van der Waals surface area contributed by atoms with Crippen molar-refractivity contribution in [3.05, 3.63) is 48.3 Å². The number of aromatic nitrogens is 1. The second-order valence-corrected chi connectivity index (χ2v) is 4.21. The smallest absolute Gasteiger partial charge is 0.339 e. The van der Waals surface area contributed by atoms with E-state index in [4.69, 9.17) is 5.11 Å². The van der Waals surface area contributed by atoms with Gasteiger partial charge in [-0.05, 0) is 24.3 Å². The van der Waals surface area contributed by atoms with Gasteiger partial charge in [0, 0.05) is 13.2 Å². The summed E-state index contributed by atoms with van der Waals surface area (Å²) in [6.45, 7) is 0. The molecule has 2 rings (SSSR count). The molecule has 0 unspecified atom stereocenters. The van der Waals surface area contributed by atoms with Crippen molar-refractivity contribution in [3.8, 4) is 5.75 Å². The Balaban J connectivity index is 2.21. The average molecular weight is 287 g/mol. The summed E-state index contributed by atoms with van der Waals surface area (Å²) >= 11 is 0. The number of rotatable bonds is 3. The number of hydrogen-bond acceptors (Lipinski definition) is 4. The third kappa shape index (κ3) is 3.08. The van der Waals surface area contributed by atoms with Gasteiger partial charge in [0.1, 0.15) is 5.56 Å². The van der Waals surface area contributed by atoms with E-state index in [2.05, 4.69) is 10.3 Å². The summed E-state index contributed by atoms with van der Waals surface area (Å²) in [5.74, 6) is -1.76. The van der Waals surface area contributed by atoms with Crippen LogP contribution in [0.15, 0.2) is 42.7 Å². The topological polar surface area (TPSA) is 103 Å². The van der Waals surface area contributed by atoms with Gasteiger partial charge in [-0.1, -0.05) is 6.07 Å². The summed E-state index contributed by atoms with van der Waals surface area (Å²) in [6.07, 6.45) is 3.09. The molecule has 0 fully saturated rings. The first-order valence-electron chi connectivity index (χ1n) is 6.00. The molecule has 0 radical (unpaired) electrons. The Morgan fingerprint density at radius 3 is 2.62 bits per heavy atom. The van der Waals surface area contributed by atoms with E-state index in [9.17, 15) is 14.7 Å². The summed E-state index contributed by atoms with van der Waals surface area (Å²) in [6, 6.07) is 6.94. The monoisotopic (exact) mass is 287 g/mol. The Morgan fingerprint density at radius 1 is 1.24 bits per heavy atom. The first-order valence-corrected chi connectivity index (χ1v) is 6.00. The van der Waals surface area contributed by atoms with E-state index in [0.717, 1.165) is 0 Å². The summed E-state index contributed by atoms with van der Waals surface area (Å²) in [7, 11) is 1.53. The number of carboxylic acid groups (broad SMARTS) is 1. The number of phenols is 1. The van der Waals surface area contributed by atoms with Crippen LogP contribution in [0.3, 0.4) is 0 Å². The zero-order valence-electron chi connectivity index (χ0n) is 11.1. The molecule has 1 aromatic heterocycles. The van der Waals surface area contributed by atoms with Crippen molar-refractivity contribution in [2.75, 3.05) is 17.3 Å². The predicted molar refractivity (Wildman–Crippen MR) is 76.7 cm³/mol. The van der Waals surface area contributed by atoms with E-state index in [-0.39, 0.29) is 11.3 Å². The summed E-state index contributed by atoms with van der Waals surface area (Å²) < 4.78 is 0. The van der Waals surface area contributed by atoms with Crippen molar-refractivity contribution < 1.29 is 19.8 Å². The molecule has 2 amide bonds. The lowest BCUT2D eigenvalue weighted by Crippen LogP contribution is -2.31. The zero-order valence-corrected chi connectivity index (χ0v) is 11.1. The maximum Gasteiger partial charge on any atom is 0.339 e. The predicted octanol–water partition coefficient (Wildman–Crippen LogP) is 2.15. The Bertz CT molecular complexity index is 673. The molecule has 7 nitrogen and oxygen atoms in total. The number of carboxylic acids is 1. The minimum absolute atomic E-state index is 0.0237. The summed E-state index contributed by atoms with van der Waals surface area (Å²) in [5.41, 5.74) is 0.302. The molecular formula is C14H13N3O4. The molecular weight excluding hydrogens is 274 g/mol. The van der Waals surface area contributed by atoms with Crippen LogP contribution in [-0.2, 0) is 0 Å². The number of benzene rings is 1. The Morgan fingerprint density at radius 2 is 2.00 bits per heavy atom. The molecule has 7 heteroatoms. The number of aromatic carboxylic acids is 1. The fourth-order valence-corrected chi connectivity index (χ4v) is 1.69. The second kappa shape index (κ2) is 5.91. The van der Waals surface area contributed by atoms with Crippen molar-refractivity contribution in [2.45, 2.75) is 0 Å². The molecule has 0 aliphatic rings. The molecule has 0 aliphatic heterocycles. The minimum atomic E-state index is -1.27. The highest BCUT2D eigenvalue weighted by molar-refractivity contribution is 6.03. The van der Waals surface area contributed by atoms with Crippen LogP contribution in [0.4, 0.5) is 16.2 Å². The number of carbonyl (C=O) groups excluding carboxylic acids is 1. The van der Waals surface area contributed by atoms with Crippen LogP contribution >= 0.6 is 0 Å². The molecule has 3 N–H and O–H groups in total. The number of nitrogens with one attached hydrogen (secondary N) is 1. The summed E-state index contributed by atoms with van der Waals surface area (Å²) in [4.78, 5) is 28.2. The van der Waals surface area contributed by atoms with E-state index in [1.807, 2.05) is 0 Å². The third-order valence-electron chi connectivity index (χ3n) is 2.85. The van der Waals surface area contributed by atoms with Crippen LogP contribution in [0.5, 0.6) is 5.75 Å². The van der Waals surface area contributed by atoms with Gasteiger partial charge in [0.2, 0.25) is 0 Å². The number of carbonyl (C=O) groups is 2. The number of amides is 2. The molecule has 108 valence electrons. The quantitative estimate of drug-likeness (QED) is 0.751. The average Bonchev–Trinajstić information content (AvgIpc) is 2.49. The van der Waals surface area contributed by atoms with Crippen molar-refractivity contribution in [1.82, 2.24) is 4.98 Å². The highest BCUT2D eigenvalue weighted by Crippen LogP contribution is 2.27. The molecule has 1 aromatic carbocycles. The van der Waals surface area contributed by atoms with Gasteiger partial charge in [0.05, 0.1) is 17.6 Å². The van der Waals surface area contributed by atoms with Crippen LogP contribution in [0.1, 0.15) is 10.4 Å². The van der Waals surface area contributed by atoms with Gasteiger partial charge in [0.25, 0.3) is 0 Å². The maximum absolute atomic E-state index is 12.1. The van der Waals surface area contributed by atoms with E-state index in [1.54, 1.807) is 18.3 Å². The Kier molecular flexibility index (Phi) is 4.03. The first-order chi connectivity index (χ1) is 10.0. The van der Waals surface area contributed by atoms with E-state index in [0.29, 0.717) is 5.69 Å². The second-order valence-electron chi connectivity index (χ2n) is 4.21. The van der Waals surface area contributed by atoms with Crippen LogP contribution in [0.2, 0.25) is 0 Å². The number of nitrogens with zero attached hydrogens (tertiary/aromatic N) is 2. The molecule has 2 aromatic rings. The normalized spacial score (nSPS) is 9.95. The lowest BCUT2D eigenvalue weighted by atomic mass is 10.1. The number of urea groups is 1. The molecule has 0 saturated carbocycles. The minimum Gasteiger partial charge on any atom is -0.505 e. The standard InChI is InChI=1S/C14H13N3O4/c1-17(9-4-3-7-15-8-9)14(21)16-11-6-2-5-10(12(11)18)13(19)20/h2-8,18H,1H3,(H,16,21)(H,19,20). The highest BCUT2D eigenvalue weighted by atomic mass is 16.4. The molecule has 0 spiro atoms. The van der Waals surface area contributed by atoms with E-state index in [1.165, 1.54) is 36.3 Å². The van der Waals surface area contributed by atoms with Gasteiger partial charge in [-0.3, -0.25) is 9.88 Å². The van der Waals surface area contributed by atoms with Gasteiger partial charge in [0.15, 0.2) is 5.75 Å². The molecule has 21 heavy (non-hydrogen) atoms. The van der Waals surface area contributed by atoms with Crippen molar-refractivity contribution in [1.29, 1.82) is 0 Å². The van der Waals surface area contributed by atoms with E-state index >= 15 is 0 Å². The Labute approximate surface area is 120 Å². The van der Waals surface area contributed by atoms with Crippen LogP contribution in [0.25, 0.3) is 0 Å². The number of anilines is 2. The van der Waals surface area contributed by atoms with E-state index < -0.39 is 17.7 Å². The first kappa shape index (κ1) is 14.3. The molecule has 0 bridgehead atoms. The molecule has 0 saturated heterocycles. The van der Waals surface area contributed by atoms with Crippen molar-refractivity contribution >= 4 is 23.4 Å². The zero-order chi connectivity index (χ0) is 15.4. The SMILES string of the molecule is CN(C(=O)Nc1cccc(C(=O)O)c1O)c1cccnc1. The largest absolute Gasteiger partial charge is 0.505 e. The van der Waals surface area contributed by atoms with Gasteiger partial charge < -0.3 is 15.5 Å². The molecule has 1 heterocycles. The van der Waals surface area contributed by atoms with Crippen LogP contribution in [-0.4, -0.2) is 34.2 Å². The van der Waals surface area contributed by atoms with Crippen molar-refractivity contribution in [2.24, 2.45) is 0 Å². The number of hydrogen-bond donors (Lipinski definition) is 3. The Hall–Kier alpha value is -3.09. The van der Waals surface area contributed by atoms with Gasteiger partial charge in [-0.2, -0.15) is 0 Å². The highest BCUT2D eigenvalue weighted by Gasteiger charge is 2.17. The lowest BCUT2D eigenvalue weighted by molar-refractivity contribution is 0.0694.